The predicted molar refractivity (Wildman–Crippen MR) is 138 cm³/mol. The zero-order valence-corrected chi connectivity index (χ0v) is 22.4. The highest BCUT2D eigenvalue weighted by atomic mass is 35.5. The van der Waals surface area contributed by atoms with Crippen molar-refractivity contribution in [2.45, 2.75) is 26.3 Å². The first-order valence-corrected chi connectivity index (χ1v) is 15.1. The van der Waals surface area contributed by atoms with E-state index < -0.39 is 35.3 Å². The minimum Gasteiger partial charge on any atom is -0.347 e. The van der Waals surface area contributed by atoms with Gasteiger partial charge >= 0.3 is 7.60 Å². The number of halogens is 1. The summed E-state index contributed by atoms with van der Waals surface area (Å²) in [5, 5.41) is 5.48. The Bertz CT molecular complexity index is 1270. The summed E-state index contributed by atoms with van der Waals surface area (Å²) >= 11 is 6.05. The quantitative estimate of drug-likeness (QED) is 0.335. The number of benzene rings is 2. The smallest absolute Gasteiger partial charge is 0.347 e. The van der Waals surface area contributed by atoms with Crippen LogP contribution in [-0.4, -0.2) is 51.0 Å². The zero-order valence-electron chi connectivity index (χ0n) is 19.9. The number of sulfone groups is 1. The van der Waals surface area contributed by atoms with Gasteiger partial charge in [0.1, 0.15) is 11.0 Å². The lowest BCUT2D eigenvalue weighted by Crippen LogP contribution is -2.41. The largest absolute Gasteiger partial charge is 0.364 e. The SMILES string of the molecule is CCOP(=O)(OCC)/C(=C(\NC(=O)c1ccccc1)C(=O)N[C@H]1CCS(=O)(=O)C1)c1ccc(Cl)cc1. The molecular weight excluding hydrogens is 527 g/mol. The van der Waals surface area contributed by atoms with Gasteiger partial charge in [0.25, 0.3) is 11.8 Å². The van der Waals surface area contributed by atoms with E-state index in [9.17, 15) is 22.6 Å². The van der Waals surface area contributed by atoms with E-state index in [1.54, 1.807) is 44.2 Å². The maximum absolute atomic E-state index is 14.0. The van der Waals surface area contributed by atoms with Crippen LogP contribution in [-0.2, 0) is 28.2 Å². The van der Waals surface area contributed by atoms with E-state index in [2.05, 4.69) is 10.6 Å². The zero-order chi connectivity index (χ0) is 26.3. The van der Waals surface area contributed by atoms with Crippen LogP contribution in [0.5, 0.6) is 0 Å². The molecule has 12 heteroatoms. The molecule has 0 radical (unpaired) electrons. The third-order valence-electron chi connectivity index (χ3n) is 5.30. The first-order valence-electron chi connectivity index (χ1n) is 11.4. The van der Waals surface area contributed by atoms with E-state index in [4.69, 9.17) is 20.6 Å². The molecule has 0 spiro atoms. The van der Waals surface area contributed by atoms with Gasteiger partial charge in [0, 0.05) is 16.6 Å². The molecule has 194 valence electrons. The van der Waals surface area contributed by atoms with E-state index in [1.807, 2.05) is 0 Å². The standard InChI is InChI=1S/C24H28ClN2O7PS/c1-3-33-35(30,34-4-2)22(17-10-12-19(25)13-11-17)21(27-23(28)18-8-6-5-7-9-18)24(29)26-20-14-15-36(31,32)16-20/h5-13,20H,3-4,14-16H2,1-2H3,(H,26,29)(H,27,28)/b22-21-/t20-/m0/s1. The average Bonchev–Trinajstić information content (AvgIpc) is 3.18. The molecule has 9 nitrogen and oxygen atoms in total. The van der Waals surface area contributed by atoms with Crippen LogP contribution in [0, 0.1) is 0 Å². The van der Waals surface area contributed by atoms with Crippen molar-refractivity contribution < 1.29 is 31.6 Å². The molecule has 0 aromatic heterocycles. The normalized spacial score (nSPS) is 17.8. The summed E-state index contributed by atoms with van der Waals surface area (Å²) < 4.78 is 49.0. The molecule has 2 N–H and O–H groups in total. The van der Waals surface area contributed by atoms with Crippen molar-refractivity contribution in [1.29, 1.82) is 0 Å². The van der Waals surface area contributed by atoms with Gasteiger partial charge in [-0.1, -0.05) is 41.9 Å². The number of hydrogen-bond acceptors (Lipinski definition) is 7. The number of hydrogen-bond donors (Lipinski definition) is 2. The number of rotatable bonds is 10. The van der Waals surface area contributed by atoms with Crippen molar-refractivity contribution in [2.24, 2.45) is 0 Å². The second kappa shape index (κ2) is 12.2. The molecular formula is C24H28ClN2O7PS. The van der Waals surface area contributed by atoms with Crippen molar-refractivity contribution in [3.63, 3.8) is 0 Å². The Labute approximate surface area is 215 Å². The lowest BCUT2D eigenvalue weighted by Gasteiger charge is -2.24. The minimum atomic E-state index is -4.15. The van der Waals surface area contributed by atoms with Gasteiger partial charge in [-0.05, 0) is 50.1 Å². The summed E-state index contributed by atoms with van der Waals surface area (Å²) in [7, 11) is -7.44. The fourth-order valence-corrected chi connectivity index (χ4v) is 7.43. The first kappa shape index (κ1) is 28.1. The molecule has 1 heterocycles. The van der Waals surface area contributed by atoms with Crippen LogP contribution in [0.15, 0.2) is 60.3 Å². The molecule has 0 aliphatic carbocycles. The highest BCUT2D eigenvalue weighted by Crippen LogP contribution is 2.61. The van der Waals surface area contributed by atoms with Crippen molar-refractivity contribution in [3.05, 3.63) is 76.4 Å². The fraction of sp³-hybridized carbons (Fsp3) is 0.333. The molecule has 0 unspecified atom stereocenters. The molecule has 1 fully saturated rings. The maximum atomic E-state index is 14.0. The second-order valence-electron chi connectivity index (χ2n) is 7.96. The summed E-state index contributed by atoms with van der Waals surface area (Å²) in [6.07, 6.45) is 0.221. The summed E-state index contributed by atoms with van der Waals surface area (Å²) in [6.45, 7) is 3.24. The van der Waals surface area contributed by atoms with Crippen molar-refractivity contribution in [1.82, 2.24) is 10.6 Å². The Kier molecular flexibility index (Phi) is 9.49. The molecule has 1 atom stereocenters. The van der Waals surface area contributed by atoms with E-state index in [1.165, 1.54) is 24.3 Å². The van der Waals surface area contributed by atoms with Crippen LogP contribution < -0.4 is 10.6 Å². The Hall–Kier alpha value is -2.49. The van der Waals surface area contributed by atoms with Crippen molar-refractivity contribution >= 4 is 46.2 Å². The van der Waals surface area contributed by atoms with Gasteiger partial charge in [0.2, 0.25) is 0 Å². The second-order valence-corrected chi connectivity index (χ2v) is 12.6. The van der Waals surface area contributed by atoms with Crippen molar-refractivity contribution in [2.75, 3.05) is 24.7 Å². The van der Waals surface area contributed by atoms with Crippen LogP contribution >= 0.6 is 19.2 Å². The van der Waals surface area contributed by atoms with Crippen molar-refractivity contribution in [3.8, 4) is 0 Å². The first-order chi connectivity index (χ1) is 17.1. The highest BCUT2D eigenvalue weighted by Gasteiger charge is 2.38. The van der Waals surface area contributed by atoms with Gasteiger partial charge < -0.3 is 19.7 Å². The molecule has 1 aliphatic rings. The molecule has 36 heavy (non-hydrogen) atoms. The van der Waals surface area contributed by atoms with Gasteiger partial charge in [0.15, 0.2) is 9.84 Å². The third kappa shape index (κ3) is 7.05. The monoisotopic (exact) mass is 554 g/mol. The van der Waals surface area contributed by atoms with Gasteiger partial charge in [0.05, 0.1) is 24.7 Å². The van der Waals surface area contributed by atoms with E-state index in [0.29, 0.717) is 5.02 Å². The van der Waals surface area contributed by atoms with Gasteiger partial charge in [-0.2, -0.15) is 0 Å². The number of carbonyl (C=O) groups excluding carboxylic acids is 2. The lowest BCUT2D eigenvalue weighted by molar-refractivity contribution is -0.118. The topological polar surface area (TPSA) is 128 Å². The Morgan fingerprint density at radius 1 is 1.00 bits per heavy atom. The van der Waals surface area contributed by atoms with E-state index >= 15 is 0 Å². The number of amides is 2. The average molecular weight is 555 g/mol. The van der Waals surface area contributed by atoms with Crippen LogP contribution in [0.1, 0.15) is 36.2 Å². The fourth-order valence-electron chi connectivity index (χ4n) is 3.72. The molecule has 1 saturated heterocycles. The van der Waals surface area contributed by atoms with Gasteiger partial charge in [-0.15, -0.1) is 0 Å². The number of nitrogens with one attached hydrogen (secondary N) is 2. The molecule has 2 aromatic carbocycles. The minimum absolute atomic E-state index is 0.00321. The summed E-state index contributed by atoms with van der Waals surface area (Å²) in [5.74, 6) is -1.74. The van der Waals surface area contributed by atoms with Crippen LogP contribution in [0.4, 0.5) is 0 Å². The Balaban J connectivity index is 2.19. The van der Waals surface area contributed by atoms with E-state index in [0.717, 1.165) is 0 Å². The molecule has 2 aromatic rings. The molecule has 0 saturated carbocycles. The molecule has 2 amide bonds. The van der Waals surface area contributed by atoms with E-state index in [-0.39, 0.29) is 53.3 Å². The van der Waals surface area contributed by atoms with Crippen LogP contribution in [0.3, 0.4) is 0 Å². The molecule has 3 rings (SSSR count). The Morgan fingerprint density at radius 3 is 2.14 bits per heavy atom. The summed E-state index contributed by atoms with van der Waals surface area (Å²) in [5.41, 5.74) is 0.173. The lowest BCUT2D eigenvalue weighted by atomic mass is 10.1. The molecule has 0 bridgehead atoms. The number of carbonyl (C=O) groups is 2. The van der Waals surface area contributed by atoms with Crippen LogP contribution in [0.25, 0.3) is 5.31 Å². The Morgan fingerprint density at radius 2 is 1.61 bits per heavy atom. The summed E-state index contributed by atoms with van der Waals surface area (Å²) in [4.78, 5) is 26.7. The van der Waals surface area contributed by atoms with Crippen LogP contribution in [0.2, 0.25) is 5.02 Å². The third-order valence-corrected chi connectivity index (χ3v) is 9.54. The maximum Gasteiger partial charge on any atom is 0.364 e. The summed E-state index contributed by atoms with van der Waals surface area (Å²) in [6, 6.07) is 13.6. The van der Waals surface area contributed by atoms with Gasteiger partial charge in [-0.25, -0.2) is 8.42 Å². The highest BCUT2D eigenvalue weighted by molar-refractivity contribution is 7.91. The predicted octanol–water partition coefficient (Wildman–Crippen LogP) is 4.01. The van der Waals surface area contributed by atoms with Gasteiger partial charge in [-0.3, -0.25) is 14.2 Å². The molecule has 1 aliphatic heterocycles.